The minimum Gasteiger partial charge on any atom is -0.361 e. The van der Waals surface area contributed by atoms with Gasteiger partial charge in [0.2, 0.25) is 5.91 Å². The van der Waals surface area contributed by atoms with Gasteiger partial charge >= 0.3 is 0 Å². The zero-order valence-electron chi connectivity index (χ0n) is 21.5. The molecule has 4 aromatic rings. The summed E-state index contributed by atoms with van der Waals surface area (Å²) in [5.74, 6) is -0.118. The first-order chi connectivity index (χ1) is 17.9. The molecule has 192 valence electrons. The summed E-state index contributed by atoms with van der Waals surface area (Å²) in [6.07, 6.45) is 7.79. The number of fused-ring (bicyclic) bond motifs is 1. The van der Waals surface area contributed by atoms with Crippen LogP contribution in [0.3, 0.4) is 0 Å². The summed E-state index contributed by atoms with van der Waals surface area (Å²) in [6, 6.07) is 20.0. The number of carbonyl (C=O) groups is 2. The first kappa shape index (κ1) is 24.8. The van der Waals surface area contributed by atoms with Crippen LogP contribution in [-0.2, 0) is 16.6 Å². The Labute approximate surface area is 217 Å². The molecule has 1 saturated carbocycles. The van der Waals surface area contributed by atoms with Crippen LogP contribution in [0.1, 0.15) is 66.4 Å². The summed E-state index contributed by atoms with van der Waals surface area (Å²) in [6.45, 7) is 4.04. The van der Waals surface area contributed by atoms with Gasteiger partial charge in [-0.3, -0.25) is 9.59 Å². The quantitative estimate of drug-likeness (QED) is 0.310. The van der Waals surface area contributed by atoms with Gasteiger partial charge in [0.1, 0.15) is 11.3 Å². The minimum absolute atomic E-state index is 0.107. The van der Waals surface area contributed by atoms with Crippen molar-refractivity contribution in [3.63, 3.8) is 0 Å². The normalized spacial score (nSPS) is 16.7. The van der Waals surface area contributed by atoms with E-state index in [-0.39, 0.29) is 17.0 Å². The number of rotatable bonds is 8. The lowest BCUT2D eigenvalue weighted by atomic mass is 9.69. The van der Waals surface area contributed by atoms with Gasteiger partial charge in [-0.1, -0.05) is 73.0 Å². The van der Waals surface area contributed by atoms with Crippen molar-refractivity contribution < 1.29 is 14.1 Å². The standard InChI is InChI=1S/C30H34N4O3/c1-21-17-26(34-37-21)27(35)33-29(2,18-22-19-31-25-14-8-7-13-24(22)25)28(36)32-20-30(15-9-4-10-16-30)23-11-5-3-6-12-23/h3,5-8,11-14,17,19,31H,4,9-10,15-16,18,20H2,1-2H3,(H,32,36)(H,33,35). The summed E-state index contributed by atoms with van der Waals surface area (Å²) < 4.78 is 5.10. The van der Waals surface area contributed by atoms with Crippen LogP contribution < -0.4 is 10.6 Å². The lowest BCUT2D eigenvalue weighted by Crippen LogP contribution is -2.59. The van der Waals surface area contributed by atoms with E-state index in [9.17, 15) is 9.59 Å². The fourth-order valence-corrected chi connectivity index (χ4v) is 5.66. The summed E-state index contributed by atoms with van der Waals surface area (Å²) in [7, 11) is 0. The van der Waals surface area contributed by atoms with Crippen molar-refractivity contribution in [1.29, 1.82) is 0 Å². The number of hydrogen-bond donors (Lipinski definition) is 3. The van der Waals surface area contributed by atoms with Gasteiger partial charge in [-0.25, -0.2) is 0 Å². The van der Waals surface area contributed by atoms with Crippen molar-refractivity contribution in [2.45, 2.75) is 63.3 Å². The number of nitrogens with one attached hydrogen (secondary N) is 3. The van der Waals surface area contributed by atoms with E-state index in [1.807, 2.05) is 36.5 Å². The molecule has 7 heteroatoms. The molecule has 1 aliphatic rings. The minimum atomic E-state index is -1.21. The molecule has 2 amide bonds. The van der Waals surface area contributed by atoms with Gasteiger partial charge in [0.15, 0.2) is 5.69 Å². The predicted octanol–water partition coefficient (Wildman–Crippen LogP) is 5.21. The molecule has 37 heavy (non-hydrogen) atoms. The molecule has 3 N–H and O–H groups in total. The van der Waals surface area contributed by atoms with Crippen molar-refractivity contribution in [3.8, 4) is 0 Å². The smallest absolute Gasteiger partial charge is 0.274 e. The Kier molecular flexibility index (Phi) is 6.87. The van der Waals surface area contributed by atoms with Gasteiger partial charge in [-0.2, -0.15) is 0 Å². The molecule has 0 radical (unpaired) electrons. The third-order valence-electron chi connectivity index (χ3n) is 7.75. The van der Waals surface area contributed by atoms with E-state index in [0.29, 0.717) is 18.7 Å². The van der Waals surface area contributed by atoms with Crippen LogP contribution in [0.4, 0.5) is 0 Å². The highest BCUT2D eigenvalue weighted by Gasteiger charge is 2.40. The monoisotopic (exact) mass is 498 g/mol. The molecule has 7 nitrogen and oxygen atoms in total. The average molecular weight is 499 g/mol. The van der Waals surface area contributed by atoms with Crippen molar-refractivity contribution in [1.82, 2.24) is 20.8 Å². The van der Waals surface area contributed by atoms with Crippen LogP contribution in [-0.4, -0.2) is 34.0 Å². The average Bonchev–Trinajstić information content (AvgIpc) is 3.54. The first-order valence-electron chi connectivity index (χ1n) is 13.0. The zero-order chi connectivity index (χ0) is 25.9. The second-order valence-corrected chi connectivity index (χ2v) is 10.5. The molecule has 2 aromatic carbocycles. The highest BCUT2D eigenvalue weighted by molar-refractivity contribution is 5.98. The predicted molar refractivity (Wildman–Crippen MR) is 143 cm³/mol. The molecule has 2 heterocycles. The van der Waals surface area contributed by atoms with E-state index in [1.54, 1.807) is 19.9 Å². The number of nitrogens with zero attached hydrogens (tertiary/aromatic N) is 1. The number of carbonyl (C=O) groups excluding carboxylic acids is 2. The third-order valence-corrected chi connectivity index (χ3v) is 7.75. The van der Waals surface area contributed by atoms with Gasteiger partial charge in [-0.15, -0.1) is 0 Å². The van der Waals surface area contributed by atoms with Crippen LogP contribution >= 0.6 is 0 Å². The fourth-order valence-electron chi connectivity index (χ4n) is 5.66. The number of H-pyrrole nitrogens is 1. The first-order valence-corrected chi connectivity index (χ1v) is 13.0. The summed E-state index contributed by atoms with van der Waals surface area (Å²) in [4.78, 5) is 30.4. The van der Waals surface area contributed by atoms with E-state index < -0.39 is 11.4 Å². The molecule has 0 spiro atoms. The molecule has 1 atom stereocenters. The van der Waals surface area contributed by atoms with E-state index in [1.165, 1.54) is 12.0 Å². The molecular weight excluding hydrogens is 464 g/mol. The number of aromatic nitrogens is 2. The van der Waals surface area contributed by atoms with Crippen LogP contribution in [0.15, 0.2) is 71.4 Å². The maximum Gasteiger partial charge on any atom is 0.274 e. The number of benzene rings is 2. The highest BCUT2D eigenvalue weighted by atomic mass is 16.5. The van der Waals surface area contributed by atoms with E-state index in [4.69, 9.17) is 4.52 Å². The summed E-state index contributed by atoms with van der Waals surface area (Å²) in [5.41, 5.74) is 2.05. The lowest BCUT2D eigenvalue weighted by Gasteiger charge is -2.39. The van der Waals surface area contributed by atoms with Crippen molar-refractivity contribution in [2.24, 2.45) is 0 Å². The van der Waals surface area contributed by atoms with E-state index in [2.05, 4.69) is 45.0 Å². The van der Waals surface area contributed by atoms with Crippen LogP contribution in [0, 0.1) is 6.92 Å². The largest absolute Gasteiger partial charge is 0.361 e. The van der Waals surface area contributed by atoms with Crippen molar-refractivity contribution in [2.75, 3.05) is 6.54 Å². The second-order valence-electron chi connectivity index (χ2n) is 10.5. The lowest BCUT2D eigenvalue weighted by molar-refractivity contribution is -0.127. The fraction of sp³-hybridized carbons (Fsp3) is 0.367. The van der Waals surface area contributed by atoms with E-state index in [0.717, 1.165) is 42.1 Å². The van der Waals surface area contributed by atoms with Crippen LogP contribution in [0.2, 0.25) is 0 Å². The Balaban J connectivity index is 1.42. The maximum absolute atomic E-state index is 13.9. The number of para-hydroxylation sites is 1. The number of aryl methyl sites for hydroxylation is 1. The Morgan fingerprint density at radius 1 is 1.05 bits per heavy atom. The Hall–Kier alpha value is -3.87. The highest BCUT2D eigenvalue weighted by Crippen LogP contribution is 2.39. The second kappa shape index (κ2) is 10.2. The van der Waals surface area contributed by atoms with Gasteiger partial charge in [-0.05, 0) is 43.9 Å². The maximum atomic E-state index is 13.9. The van der Waals surface area contributed by atoms with Crippen molar-refractivity contribution >= 4 is 22.7 Å². The van der Waals surface area contributed by atoms with Gasteiger partial charge in [0, 0.05) is 41.5 Å². The van der Waals surface area contributed by atoms with Gasteiger partial charge < -0.3 is 20.1 Å². The zero-order valence-corrected chi connectivity index (χ0v) is 21.5. The Morgan fingerprint density at radius 2 is 1.78 bits per heavy atom. The third kappa shape index (κ3) is 5.17. The molecule has 2 aromatic heterocycles. The number of hydrogen-bond acceptors (Lipinski definition) is 4. The summed E-state index contributed by atoms with van der Waals surface area (Å²) in [5, 5.41) is 11.1. The van der Waals surface area contributed by atoms with Crippen LogP contribution in [0.25, 0.3) is 10.9 Å². The molecule has 1 fully saturated rings. The Morgan fingerprint density at radius 3 is 2.51 bits per heavy atom. The van der Waals surface area contributed by atoms with Gasteiger partial charge in [0.05, 0.1) is 0 Å². The molecule has 1 aliphatic carbocycles. The Bertz CT molecular complexity index is 1380. The topological polar surface area (TPSA) is 100 Å². The number of amides is 2. The van der Waals surface area contributed by atoms with Crippen molar-refractivity contribution in [3.05, 3.63) is 89.4 Å². The molecule has 0 aliphatic heterocycles. The number of aromatic amines is 1. The molecule has 5 rings (SSSR count). The molecule has 1 unspecified atom stereocenters. The molecular formula is C30H34N4O3. The molecule has 0 bridgehead atoms. The molecule has 0 saturated heterocycles. The van der Waals surface area contributed by atoms with Crippen LogP contribution in [0.5, 0.6) is 0 Å². The SMILES string of the molecule is Cc1cc(C(=O)NC(C)(Cc2c[nH]c3ccccc23)C(=O)NCC2(c3ccccc3)CCCCC2)no1. The van der Waals surface area contributed by atoms with Gasteiger partial charge in [0.25, 0.3) is 5.91 Å². The van der Waals surface area contributed by atoms with E-state index >= 15 is 0 Å². The summed E-state index contributed by atoms with van der Waals surface area (Å²) >= 11 is 0.